The monoisotopic (exact) mass is 611 g/mol. The van der Waals surface area contributed by atoms with Crippen LogP contribution in [0.5, 0.6) is 0 Å². The molecule has 0 unspecified atom stereocenters. The minimum atomic E-state index is -0.287. The number of nitrogens with zero attached hydrogens (tertiary/aromatic N) is 2. The van der Waals surface area contributed by atoms with Gasteiger partial charge in [-0.2, -0.15) is 10.1 Å². The van der Waals surface area contributed by atoms with Crippen molar-refractivity contribution >= 4 is 11.6 Å². The molecule has 8 nitrogen and oxygen atoms in total. The molecule has 0 amide bonds. The van der Waals surface area contributed by atoms with Crippen LogP contribution in [-0.4, -0.2) is 66.3 Å². The molecule has 2 aliphatic carbocycles. The van der Waals surface area contributed by atoms with Crippen molar-refractivity contribution in [3.8, 4) is 0 Å². The van der Waals surface area contributed by atoms with E-state index in [4.69, 9.17) is 0 Å². The van der Waals surface area contributed by atoms with Gasteiger partial charge in [0.25, 0.3) is 0 Å². The number of ketones is 2. The fourth-order valence-electron chi connectivity index (χ4n) is 6.39. The molecule has 2 fully saturated rings. The number of nitrogens with one attached hydrogen (secondary N) is 2. The van der Waals surface area contributed by atoms with Crippen molar-refractivity contribution in [2.75, 3.05) is 0 Å². The van der Waals surface area contributed by atoms with Gasteiger partial charge in [-0.3, -0.25) is 9.59 Å². The van der Waals surface area contributed by atoms with Gasteiger partial charge in [0.05, 0.1) is 0 Å². The first-order chi connectivity index (χ1) is 18.4. The van der Waals surface area contributed by atoms with Crippen molar-refractivity contribution in [1.29, 1.82) is 0 Å². The summed E-state index contributed by atoms with van der Waals surface area (Å²) in [6, 6.07) is 0.478. The molecule has 1 radical (unpaired) electrons. The quantitative estimate of drug-likeness (QED) is 0.325. The minimum Gasteiger partial charge on any atom is -0.387 e. The topological polar surface area (TPSA) is 105 Å². The summed E-state index contributed by atoms with van der Waals surface area (Å²) in [7, 11) is 0. The average Bonchev–Trinajstić information content (AvgIpc) is 2.85. The molecule has 0 bridgehead atoms. The molecule has 0 saturated carbocycles. The second-order valence-corrected chi connectivity index (χ2v) is 13.8. The van der Waals surface area contributed by atoms with Gasteiger partial charge in [0.1, 0.15) is 0 Å². The van der Waals surface area contributed by atoms with E-state index in [1.54, 1.807) is 36.7 Å². The zero-order valence-electron chi connectivity index (χ0n) is 25.7. The summed E-state index contributed by atoms with van der Waals surface area (Å²) in [6.07, 6.45) is 20.9. The fraction of sp³-hybridized carbons (Fsp3) is 0.562. The van der Waals surface area contributed by atoms with E-state index in [2.05, 4.69) is 10.6 Å². The molecule has 0 spiro atoms. The van der Waals surface area contributed by atoms with Crippen molar-refractivity contribution < 1.29 is 36.8 Å². The van der Waals surface area contributed by atoms with Crippen LogP contribution in [0.3, 0.4) is 0 Å². The molecule has 0 aromatic rings. The summed E-state index contributed by atoms with van der Waals surface area (Å²) >= 11 is 0. The molecule has 2 heterocycles. The predicted octanol–water partition coefficient (Wildman–Crippen LogP) is 5.13. The first-order valence-corrected chi connectivity index (χ1v) is 14.1. The van der Waals surface area contributed by atoms with Crippen LogP contribution in [0.4, 0.5) is 0 Å². The standard InChI is InChI=1S/2C16H24N2O2.Co/c2*1-15(2)9-13(10-16(3,4)18(15)20)17-11-12-7-5-6-8-14(12)19;/h2*5-8,11,13,17,20H,9-10H2,1-4H3;/b2*12-11-;. The molecule has 2 aliphatic heterocycles. The van der Waals surface area contributed by atoms with Crippen molar-refractivity contribution in [3.63, 3.8) is 0 Å². The van der Waals surface area contributed by atoms with Gasteiger partial charge >= 0.3 is 0 Å². The predicted molar refractivity (Wildman–Crippen MR) is 159 cm³/mol. The Morgan fingerprint density at radius 1 is 0.610 bits per heavy atom. The van der Waals surface area contributed by atoms with Gasteiger partial charge in [0.15, 0.2) is 11.6 Å². The Morgan fingerprint density at radius 2 is 0.878 bits per heavy atom. The van der Waals surface area contributed by atoms with E-state index >= 15 is 0 Å². The molecular weight excluding hydrogens is 563 g/mol. The third kappa shape index (κ3) is 8.86. The first-order valence-electron chi connectivity index (χ1n) is 14.1. The summed E-state index contributed by atoms with van der Waals surface area (Å²) < 4.78 is 0. The Balaban J connectivity index is 0.000000280. The van der Waals surface area contributed by atoms with E-state index in [0.29, 0.717) is 11.1 Å². The SMILES string of the molecule is CC1(C)CC(N/C=C2/C=CC=CC2=O)CC(C)(C)N1O.CC1(C)CC(N/C=C2/C=CC=CC2=O)CC(C)(C)N1O.[Co]. The molecule has 2 saturated heterocycles. The molecule has 41 heavy (non-hydrogen) atoms. The van der Waals surface area contributed by atoms with Crippen LogP contribution in [0.25, 0.3) is 0 Å². The van der Waals surface area contributed by atoms with Crippen LogP contribution >= 0.6 is 0 Å². The van der Waals surface area contributed by atoms with E-state index in [-0.39, 0.29) is 62.6 Å². The van der Waals surface area contributed by atoms with Crippen LogP contribution in [0.2, 0.25) is 0 Å². The first kappa shape index (κ1) is 34.9. The molecule has 0 aromatic carbocycles. The van der Waals surface area contributed by atoms with E-state index in [9.17, 15) is 20.0 Å². The minimum absolute atomic E-state index is 0. The number of carbonyl (C=O) groups excluding carboxylic acids is 2. The third-order valence-corrected chi connectivity index (χ3v) is 8.06. The van der Waals surface area contributed by atoms with Crippen molar-refractivity contribution in [1.82, 2.24) is 20.8 Å². The van der Waals surface area contributed by atoms with Gasteiger partial charge in [-0.05, 0) is 105 Å². The number of hydrogen-bond donors (Lipinski definition) is 4. The Morgan fingerprint density at radius 3 is 1.15 bits per heavy atom. The van der Waals surface area contributed by atoms with E-state index in [0.717, 1.165) is 25.7 Å². The molecule has 4 aliphatic rings. The Labute approximate surface area is 256 Å². The zero-order chi connectivity index (χ0) is 29.9. The third-order valence-electron chi connectivity index (χ3n) is 8.06. The molecule has 4 N–H and O–H groups in total. The second-order valence-electron chi connectivity index (χ2n) is 13.8. The molecule has 0 atom stereocenters. The smallest absolute Gasteiger partial charge is 0.187 e. The summed E-state index contributed by atoms with van der Waals surface area (Å²) in [6.45, 7) is 16.3. The van der Waals surface area contributed by atoms with E-state index < -0.39 is 0 Å². The van der Waals surface area contributed by atoms with Crippen LogP contribution < -0.4 is 10.6 Å². The van der Waals surface area contributed by atoms with Crippen molar-refractivity contribution in [2.45, 2.75) is 115 Å². The van der Waals surface area contributed by atoms with Gasteiger partial charge in [-0.1, -0.05) is 24.3 Å². The fourth-order valence-corrected chi connectivity index (χ4v) is 6.39. The Bertz CT molecular complexity index is 1030. The number of rotatable bonds is 4. The Hall–Kier alpha value is -2.27. The normalized spacial score (nSPS) is 27.4. The van der Waals surface area contributed by atoms with Crippen molar-refractivity contribution in [2.24, 2.45) is 0 Å². The maximum absolute atomic E-state index is 11.7. The molecule has 4 rings (SSSR count). The van der Waals surface area contributed by atoms with Crippen LogP contribution in [0.1, 0.15) is 81.1 Å². The summed E-state index contributed by atoms with van der Waals surface area (Å²) in [5.74, 6) is 0.0521. The number of piperidine rings is 2. The number of hydrogen-bond acceptors (Lipinski definition) is 8. The van der Waals surface area contributed by atoms with Gasteiger partial charge in [-0.25, -0.2) is 0 Å². The van der Waals surface area contributed by atoms with Crippen LogP contribution in [0.15, 0.2) is 72.2 Å². The average molecular weight is 612 g/mol. The summed E-state index contributed by atoms with van der Waals surface area (Å²) in [4.78, 5) is 23.4. The Kier molecular flexibility index (Phi) is 11.4. The molecule has 229 valence electrons. The van der Waals surface area contributed by atoms with Crippen LogP contribution in [-0.2, 0) is 26.4 Å². The molecule has 9 heteroatoms. The van der Waals surface area contributed by atoms with Gasteiger partial charge < -0.3 is 21.0 Å². The van der Waals surface area contributed by atoms with Crippen LogP contribution in [0, 0.1) is 0 Å². The van der Waals surface area contributed by atoms with Gasteiger partial charge in [0, 0.05) is 74.6 Å². The van der Waals surface area contributed by atoms with E-state index in [1.165, 1.54) is 10.1 Å². The largest absolute Gasteiger partial charge is 0.387 e. The maximum Gasteiger partial charge on any atom is 0.187 e. The van der Waals surface area contributed by atoms with Gasteiger partial charge in [0.2, 0.25) is 0 Å². The van der Waals surface area contributed by atoms with E-state index in [1.807, 2.05) is 79.7 Å². The summed E-state index contributed by atoms with van der Waals surface area (Å²) in [5, 5.41) is 30.1. The number of carbonyl (C=O) groups is 2. The zero-order valence-corrected chi connectivity index (χ0v) is 26.7. The molecule has 0 aromatic heterocycles. The molecular formula is C32H48CoN4O4. The summed E-state index contributed by atoms with van der Waals surface area (Å²) in [5.41, 5.74) is 0.201. The van der Waals surface area contributed by atoms with Crippen molar-refractivity contribution in [3.05, 3.63) is 72.2 Å². The second kappa shape index (κ2) is 13.4. The maximum atomic E-state index is 11.7. The van der Waals surface area contributed by atoms with Gasteiger partial charge in [-0.15, -0.1) is 0 Å². The number of hydroxylamine groups is 4. The number of allylic oxidation sites excluding steroid dienone is 10.